The van der Waals surface area contributed by atoms with E-state index in [0.29, 0.717) is 22.7 Å². The SMILES string of the molecule is COc1ccc(N2CCN(c3cnc(N)nc3N)CC2)cn1.Nc1ncc(N2CCN(c3ccc(Cl)nc3)CC2)c(N)n1. The summed E-state index contributed by atoms with van der Waals surface area (Å²) in [6.07, 6.45) is 6.98. The highest BCUT2D eigenvalue weighted by Gasteiger charge is 2.21. The van der Waals surface area contributed by atoms with Gasteiger partial charge in [0, 0.05) is 58.4 Å². The first-order chi connectivity index (χ1) is 20.8. The van der Waals surface area contributed by atoms with E-state index in [9.17, 15) is 0 Å². The number of pyridine rings is 2. The van der Waals surface area contributed by atoms with Gasteiger partial charge < -0.3 is 47.3 Å². The third-order valence-corrected chi connectivity index (χ3v) is 7.47. The van der Waals surface area contributed by atoms with Gasteiger partial charge in [0.25, 0.3) is 0 Å². The third-order valence-electron chi connectivity index (χ3n) is 7.25. The molecule has 16 heteroatoms. The first-order valence-electron chi connectivity index (χ1n) is 13.7. The second kappa shape index (κ2) is 13.3. The Hall–Kier alpha value is -5.05. The van der Waals surface area contributed by atoms with Gasteiger partial charge in [-0.25, -0.2) is 19.9 Å². The van der Waals surface area contributed by atoms with Crippen LogP contribution in [0.2, 0.25) is 5.15 Å². The number of ether oxygens (including phenoxy) is 1. The average Bonchev–Trinajstić information content (AvgIpc) is 3.02. The predicted octanol–water partition coefficient (Wildman–Crippen LogP) is 1.39. The quantitative estimate of drug-likeness (QED) is 0.237. The molecule has 2 saturated heterocycles. The summed E-state index contributed by atoms with van der Waals surface area (Å²) in [5.41, 5.74) is 26.7. The summed E-state index contributed by atoms with van der Waals surface area (Å²) in [6, 6.07) is 7.66. The molecule has 0 aromatic carbocycles. The molecule has 2 fully saturated rings. The molecule has 6 heterocycles. The van der Waals surface area contributed by atoms with E-state index < -0.39 is 0 Å². The van der Waals surface area contributed by atoms with Crippen molar-refractivity contribution in [3.05, 3.63) is 54.2 Å². The minimum atomic E-state index is 0.196. The number of nitrogen functional groups attached to an aromatic ring is 4. The highest BCUT2D eigenvalue weighted by molar-refractivity contribution is 6.29. The molecule has 15 nitrogen and oxygen atoms in total. The van der Waals surface area contributed by atoms with Crippen LogP contribution in [-0.2, 0) is 0 Å². The fourth-order valence-corrected chi connectivity index (χ4v) is 5.05. The van der Waals surface area contributed by atoms with Crippen LogP contribution in [0.5, 0.6) is 5.88 Å². The van der Waals surface area contributed by atoms with E-state index in [2.05, 4.69) is 49.5 Å². The number of methoxy groups -OCH3 is 1. The molecule has 0 amide bonds. The maximum atomic E-state index is 5.92. The summed E-state index contributed by atoms with van der Waals surface area (Å²) in [6.45, 7) is 6.82. The molecule has 2 aliphatic rings. The van der Waals surface area contributed by atoms with Gasteiger partial charge in [0.2, 0.25) is 17.8 Å². The molecule has 0 spiro atoms. The largest absolute Gasteiger partial charge is 0.481 e. The lowest BCUT2D eigenvalue weighted by Crippen LogP contribution is -2.46. The van der Waals surface area contributed by atoms with Crippen LogP contribution in [0.15, 0.2) is 49.1 Å². The van der Waals surface area contributed by atoms with Gasteiger partial charge in [0.05, 0.1) is 54.6 Å². The Kier molecular flexibility index (Phi) is 9.10. The zero-order chi connectivity index (χ0) is 30.3. The van der Waals surface area contributed by atoms with Crippen molar-refractivity contribution in [2.24, 2.45) is 0 Å². The molecular weight excluding hydrogens is 572 g/mol. The maximum absolute atomic E-state index is 5.92. The molecule has 0 saturated carbocycles. The second-order valence-corrected chi connectivity index (χ2v) is 10.2. The Morgan fingerprint density at radius 2 is 1.02 bits per heavy atom. The summed E-state index contributed by atoms with van der Waals surface area (Å²) in [7, 11) is 1.61. The van der Waals surface area contributed by atoms with Gasteiger partial charge in [-0.05, 0) is 18.2 Å². The number of nitrogens with zero attached hydrogens (tertiary/aromatic N) is 10. The van der Waals surface area contributed by atoms with Crippen molar-refractivity contribution in [2.75, 3.05) is 102 Å². The molecule has 43 heavy (non-hydrogen) atoms. The van der Waals surface area contributed by atoms with Crippen molar-refractivity contribution in [3.8, 4) is 5.88 Å². The number of nitrogens with two attached hydrogens (primary N) is 4. The van der Waals surface area contributed by atoms with Gasteiger partial charge in [-0.1, -0.05) is 11.6 Å². The molecule has 6 rings (SSSR count). The Labute approximate surface area is 254 Å². The normalized spacial score (nSPS) is 15.1. The minimum Gasteiger partial charge on any atom is -0.481 e. The number of halogens is 1. The molecule has 0 unspecified atom stereocenters. The molecular formula is C27H35ClN14O. The van der Waals surface area contributed by atoms with Crippen molar-refractivity contribution < 1.29 is 4.74 Å². The van der Waals surface area contributed by atoms with Crippen molar-refractivity contribution >= 4 is 57.9 Å². The van der Waals surface area contributed by atoms with Gasteiger partial charge in [-0.3, -0.25) is 0 Å². The van der Waals surface area contributed by atoms with Crippen LogP contribution >= 0.6 is 11.6 Å². The van der Waals surface area contributed by atoms with Gasteiger partial charge in [0.15, 0.2) is 11.6 Å². The number of aromatic nitrogens is 6. The summed E-state index contributed by atoms with van der Waals surface area (Å²) in [5.74, 6) is 1.86. The third kappa shape index (κ3) is 7.24. The van der Waals surface area contributed by atoms with E-state index in [1.165, 1.54) is 0 Å². The van der Waals surface area contributed by atoms with Gasteiger partial charge >= 0.3 is 0 Å². The van der Waals surface area contributed by atoms with Crippen molar-refractivity contribution in [3.63, 3.8) is 0 Å². The van der Waals surface area contributed by atoms with Crippen LogP contribution in [0.1, 0.15) is 0 Å². The smallest absolute Gasteiger partial charge is 0.222 e. The Morgan fingerprint density at radius 1 is 0.581 bits per heavy atom. The van der Waals surface area contributed by atoms with E-state index >= 15 is 0 Å². The average molecular weight is 607 g/mol. The summed E-state index contributed by atoms with van der Waals surface area (Å²) in [4.78, 5) is 33.3. The van der Waals surface area contributed by atoms with E-state index in [-0.39, 0.29) is 11.9 Å². The number of piperazine rings is 2. The molecule has 0 aliphatic carbocycles. The lowest BCUT2D eigenvalue weighted by atomic mass is 10.2. The van der Waals surface area contributed by atoms with Crippen LogP contribution in [-0.4, -0.2) is 89.4 Å². The van der Waals surface area contributed by atoms with Crippen LogP contribution in [0, 0.1) is 0 Å². The number of hydrogen-bond donors (Lipinski definition) is 4. The minimum absolute atomic E-state index is 0.196. The summed E-state index contributed by atoms with van der Waals surface area (Å²) < 4.78 is 5.08. The predicted molar refractivity (Wildman–Crippen MR) is 171 cm³/mol. The fraction of sp³-hybridized carbons (Fsp3) is 0.333. The van der Waals surface area contributed by atoms with E-state index in [1.807, 2.05) is 24.4 Å². The molecule has 0 radical (unpaired) electrons. The van der Waals surface area contributed by atoms with Gasteiger partial charge in [0.1, 0.15) is 5.15 Å². The molecule has 0 bridgehead atoms. The van der Waals surface area contributed by atoms with Crippen LogP contribution in [0.4, 0.5) is 46.3 Å². The van der Waals surface area contributed by atoms with E-state index in [1.54, 1.807) is 31.8 Å². The molecule has 226 valence electrons. The highest BCUT2D eigenvalue weighted by Crippen LogP contribution is 2.25. The Balaban J connectivity index is 0.000000171. The zero-order valence-electron chi connectivity index (χ0n) is 23.8. The van der Waals surface area contributed by atoms with Crippen molar-refractivity contribution in [2.45, 2.75) is 0 Å². The summed E-state index contributed by atoms with van der Waals surface area (Å²) >= 11 is 5.81. The molecule has 0 atom stereocenters. The molecule has 4 aromatic heterocycles. The first kappa shape index (κ1) is 29.4. The van der Waals surface area contributed by atoms with Crippen molar-refractivity contribution in [1.82, 2.24) is 29.9 Å². The molecule has 4 aromatic rings. The highest BCUT2D eigenvalue weighted by atomic mass is 35.5. The van der Waals surface area contributed by atoms with Crippen molar-refractivity contribution in [1.29, 1.82) is 0 Å². The van der Waals surface area contributed by atoms with Crippen LogP contribution in [0.25, 0.3) is 0 Å². The lowest BCUT2D eigenvalue weighted by molar-refractivity contribution is 0.398. The number of rotatable bonds is 5. The standard InChI is InChI=1S/C14H19N7O.C13H16ClN7/c1-22-12-3-2-10(8-17-12)20-4-6-21(7-5-20)11-9-18-14(16)19-13(11)15;14-11-2-1-9(7-17-11)20-3-5-21(6-4-20)10-8-18-13(16)19-12(10)15/h2-3,8-9H,4-7H2,1H3,(H4,15,16,18,19);1-2,7-8H,3-6H2,(H4,15,16,18,19). The maximum Gasteiger partial charge on any atom is 0.222 e. The fourth-order valence-electron chi connectivity index (χ4n) is 4.94. The van der Waals surface area contributed by atoms with Crippen LogP contribution < -0.4 is 47.3 Å². The molecule has 8 N–H and O–H groups in total. The van der Waals surface area contributed by atoms with Gasteiger partial charge in [-0.15, -0.1) is 0 Å². The first-order valence-corrected chi connectivity index (χ1v) is 14.1. The lowest BCUT2D eigenvalue weighted by Gasteiger charge is -2.37. The zero-order valence-corrected chi connectivity index (χ0v) is 24.6. The van der Waals surface area contributed by atoms with Gasteiger partial charge in [-0.2, -0.15) is 9.97 Å². The van der Waals surface area contributed by atoms with Crippen LogP contribution in [0.3, 0.4) is 0 Å². The van der Waals surface area contributed by atoms with E-state index in [0.717, 1.165) is 75.1 Å². The van der Waals surface area contributed by atoms with E-state index in [4.69, 9.17) is 39.3 Å². The number of anilines is 8. The Bertz CT molecular complexity index is 1490. The summed E-state index contributed by atoms with van der Waals surface area (Å²) in [5, 5.41) is 0.504. The molecule has 2 aliphatic heterocycles. The monoisotopic (exact) mass is 606 g/mol. The topological polar surface area (TPSA) is 204 Å². The number of hydrogen-bond acceptors (Lipinski definition) is 15. The second-order valence-electron chi connectivity index (χ2n) is 9.84. The Morgan fingerprint density at radius 3 is 1.40 bits per heavy atom.